The summed E-state index contributed by atoms with van der Waals surface area (Å²) in [6, 6.07) is 16.0. The summed E-state index contributed by atoms with van der Waals surface area (Å²) in [7, 11) is -2.33. The van der Waals surface area contributed by atoms with Gasteiger partial charge in [-0.05, 0) is 71.8 Å². The molecule has 0 aliphatic rings. The molecule has 0 saturated heterocycles. The molecule has 3 aromatic carbocycles. The predicted molar refractivity (Wildman–Crippen MR) is 142 cm³/mol. The van der Waals surface area contributed by atoms with Crippen molar-refractivity contribution in [2.75, 3.05) is 11.8 Å². The van der Waals surface area contributed by atoms with Crippen molar-refractivity contribution in [3.8, 4) is 5.75 Å². The molecule has 35 heavy (non-hydrogen) atoms. The van der Waals surface area contributed by atoms with Crippen LogP contribution < -0.4 is 9.46 Å². The zero-order chi connectivity index (χ0) is 25.4. The lowest BCUT2D eigenvalue weighted by Crippen LogP contribution is -2.13. The van der Waals surface area contributed by atoms with E-state index in [1.54, 1.807) is 30.3 Å². The summed E-state index contributed by atoms with van der Waals surface area (Å²) in [4.78, 5) is 4.64. The first-order valence-corrected chi connectivity index (χ1v) is 13.7. The fourth-order valence-electron chi connectivity index (χ4n) is 3.84. The van der Waals surface area contributed by atoms with Crippen LogP contribution in [0.1, 0.15) is 43.0 Å². The fraction of sp³-hybridized carbons (Fsp3) is 0.296. The third-order valence-electron chi connectivity index (χ3n) is 5.90. The smallest absolute Gasteiger partial charge is 0.262 e. The third kappa shape index (κ3) is 5.49. The molecule has 0 amide bonds. The molecule has 4 aromatic rings. The molecular formula is C27H30N2O4S2. The number of para-hydroxylation sites is 2. The van der Waals surface area contributed by atoms with Crippen molar-refractivity contribution in [3.63, 3.8) is 0 Å². The lowest BCUT2D eigenvalue weighted by atomic mass is 9.84. The van der Waals surface area contributed by atoms with Gasteiger partial charge in [0.05, 0.1) is 17.7 Å². The van der Waals surface area contributed by atoms with E-state index in [1.165, 1.54) is 53.3 Å². The molecule has 184 valence electrons. The Labute approximate surface area is 211 Å². The van der Waals surface area contributed by atoms with Gasteiger partial charge in [0.1, 0.15) is 11.3 Å². The zero-order valence-electron chi connectivity index (χ0n) is 20.8. The molecule has 0 saturated carbocycles. The number of rotatable bonds is 7. The lowest BCUT2D eigenvalue weighted by molar-refractivity contribution is 0.417. The summed E-state index contributed by atoms with van der Waals surface area (Å²) in [5, 5.41) is 0.505. The quantitative estimate of drug-likeness (QED) is 0.274. The van der Waals surface area contributed by atoms with E-state index in [2.05, 4.69) is 56.5 Å². The number of nitrogens with one attached hydrogen (secondary N) is 1. The van der Waals surface area contributed by atoms with Gasteiger partial charge in [-0.3, -0.25) is 4.72 Å². The second kappa shape index (κ2) is 9.59. The minimum atomic E-state index is -3.83. The van der Waals surface area contributed by atoms with Crippen LogP contribution in [0.25, 0.3) is 11.1 Å². The monoisotopic (exact) mass is 510 g/mol. The average Bonchev–Trinajstić information content (AvgIpc) is 3.20. The van der Waals surface area contributed by atoms with E-state index >= 15 is 0 Å². The number of aryl methyl sites for hydroxylation is 2. The standard InChI is InChI=1S/C27H30N2O4S2/c1-17-13-19(27(3,4)5)14-18(2)21(17)16-34-26-28-23-15-20(11-12-25(23)33-26)35(30,31)29-22-9-7-8-10-24(22)32-6/h7-15,29H,16H2,1-6H3. The Morgan fingerprint density at radius 1 is 1.03 bits per heavy atom. The van der Waals surface area contributed by atoms with Gasteiger partial charge in [-0.15, -0.1) is 0 Å². The van der Waals surface area contributed by atoms with Gasteiger partial charge in [0.15, 0.2) is 5.58 Å². The van der Waals surface area contributed by atoms with E-state index in [4.69, 9.17) is 9.15 Å². The van der Waals surface area contributed by atoms with Crippen LogP contribution in [-0.4, -0.2) is 20.5 Å². The first-order chi connectivity index (χ1) is 16.5. The Morgan fingerprint density at radius 3 is 2.37 bits per heavy atom. The van der Waals surface area contributed by atoms with Gasteiger partial charge in [-0.2, -0.15) is 0 Å². The van der Waals surface area contributed by atoms with Crippen LogP contribution in [0.3, 0.4) is 0 Å². The van der Waals surface area contributed by atoms with Crippen LogP contribution in [0.5, 0.6) is 5.75 Å². The Balaban J connectivity index is 1.55. The van der Waals surface area contributed by atoms with E-state index in [1.807, 2.05) is 0 Å². The number of nitrogens with zero attached hydrogens (tertiary/aromatic N) is 1. The summed E-state index contributed by atoms with van der Waals surface area (Å²) in [5.41, 5.74) is 6.57. The molecule has 6 nitrogen and oxygen atoms in total. The highest BCUT2D eigenvalue weighted by atomic mass is 32.2. The van der Waals surface area contributed by atoms with Crippen molar-refractivity contribution < 1.29 is 17.6 Å². The number of hydrogen-bond acceptors (Lipinski definition) is 6. The first-order valence-electron chi connectivity index (χ1n) is 11.3. The summed E-state index contributed by atoms with van der Waals surface area (Å²) >= 11 is 1.50. The normalized spacial score (nSPS) is 12.2. The van der Waals surface area contributed by atoms with E-state index in [-0.39, 0.29) is 10.3 Å². The highest BCUT2D eigenvalue weighted by Gasteiger charge is 2.20. The Kier molecular flexibility index (Phi) is 6.88. The maximum absolute atomic E-state index is 13.0. The molecule has 0 aliphatic carbocycles. The number of ether oxygens (including phenoxy) is 1. The van der Waals surface area contributed by atoms with E-state index in [0.29, 0.717) is 27.8 Å². The number of benzene rings is 3. The molecule has 0 spiro atoms. The van der Waals surface area contributed by atoms with Crippen LogP contribution >= 0.6 is 11.8 Å². The average molecular weight is 511 g/mol. The van der Waals surface area contributed by atoms with E-state index in [9.17, 15) is 8.42 Å². The number of sulfonamides is 1. The zero-order valence-corrected chi connectivity index (χ0v) is 22.4. The van der Waals surface area contributed by atoms with Gasteiger partial charge < -0.3 is 9.15 Å². The maximum Gasteiger partial charge on any atom is 0.262 e. The van der Waals surface area contributed by atoms with Gasteiger partial charge >= 0.3 is 0 Å². The number of methoxy groups -OCH3 is 1. The van der Waals surface area contributed by atoms with Gasteiger partial charge in [0, 0.05) is 5.75 Å². The molecule has 0 radical (unpaired) electrons. The lowest BCUT2D eigenvalue weighted by Gasteiger charge is -2.22. The van der Waals surface area contributed by atoms with Gasteiger partial charge in [0.25, 0.3) is 15.2 Å². The molecule has 1 aromatic heterocycles. The van der Waals surface area contributed by atoms with E-state index < -0.39 is 10.0 Å². The van der Waals surface area contributed by atoms with Crippen LogP contribution in [0.15, 0.2) is 69.1 Å². The highest BCUT2D eigenvalue weighted by molar-refractivity contribution is 7.98. The SMILES string of the molecule is COc1ccccc1NS(=O)(=O)c1ccc2oc(SCc3c(C)cc(C(C)(C)C)cc3C)nc2c1. The summed E-state index contributed by atoms with van der Waals surface area (Å²) in [5.74, 6) is 1.16. The molecule has 0 fully saturated rings. The van der Waals surface area contributed by atoms with Crippen molar-refractivity contribution in [2.24, 2.45) is 0 Å². The van der Waals surface area contributed by atoms with Crippen molar-refractivity contribution in [2.45, 2.75) is 55.9 Å². The molecule has 1 heterocycles. The van der Waals surface area contributed by atoms with Crippen LogP contribution in [0.4, 0.5) is 5.69 Å². The summed E-state index contributed by atoms with van der Waals surface area (Å²) in [6.45, 7) is 10.9. The molecular weight excluding hydrogens is 480 g/mol. The van der Waals surface area contributed by atoms with Crippen LogP contribution in [-0.2, 0) is 21.2 Å². The van der Waals surface area contributed by atoms with Crippen molar-refractivity contribution in [3.05, 3.63) is 76.9 Å². The second-order valence-electron chi connectivity index (χ2n) is 9.54. The molecule has 0 bridgehead atoms. The summed E-state index contributed by atoms with van der Waals surface area (Å²) in [6.07, 6.45) is 0. The van der Waals surface area contributed by atoms with Crippen molar-refractivity contribution in [1.29, 1.82) is 0 Å². The molecule has 4 rings (SSSR count). The van der Waals surface area contributed by atoms with Crippen molar-refractivity contribution in [1.82, 2.24) is 4.98 Å². The molecule has 0 atom stereocenters. The topological polar surface area (TPSA) is 81.4 Å². The Morgan fingerprint density at radius 2 is 1.71 bits per heavy atom. The predicted octanol–water partition coefficient (Wildman–Crippen LogP) is 6.84. The second-order valence-corrected chi connectivity index (χ2v) is 12.2. The largest absolute Gasteiger partial charge is 0.495 e. The van der Waals surface area contributed by atoms with Crippen molar-refractivity contribution >= 4 is 38.6 Å². The molecule has 0 aliphatic heterocycles. The number of aromatic nitrogens is 1. The number of fused-ring (bicyclic) bond motifs is 1. The Hall–Kier alpha value is -2.97. The third-order valence-corrected chi connectivity index (χ3v) is 8.12. The van der Waals surface area contributed by atoms with Gasteiger partial charge in [0.2, 0.25) is 0 Å². The highest BCUT2D eigenvalue weighted by Crippen LogP contribution is 2.33. The number of anilines is 1. The van der Waals surface area contributed by atoms with Gasteiger partial charge in [-0.25, -0.2) is 13.4 Å². The maximum atomic E-state index is 13.0. The summed E-state index contributed by atoms with van der Waals surface area (Å²) < 4.78 is 39.7. The minimum absolute atomic E-state index is 0.0972. The molecule has 0 unspecified atom stereocenters. The molecule has 8 heteroatoms. The number of hydrogen-bond donors (Lipinski definition) is 1. The van der Waals surface area contributed by atoms with Gasteiger partial charge in [-0.1, -0.05) is 56.8 Å². The number of thioether (sulfide) groups is 1. The van der Waals surface area contributed by atoms with Crippen LogP contribution in [0, 0.1) is 13.8 Å². The van der Waals surface area contributed by atoms with Crippen LogP contribution in [0.2, 0.25) is 0 Å². The number of oxazole rings is 1. The fourth-order valence-corrected chi connectivity index (χ4v) is 5.96. The molecule has 1 N–H and O–H groups in total. The van der Waals surface area contributed by atoms with E-state index in [0.717, 1.165) is 5.75 Å². The Bertz CT molecular complexity index is 1460. The minimum Gasteiger partial charge on any atom is -0.495 e. The first kappa shape index (κ1) is 25.1.